The molecule has 2 aromatic rings. The number of benzene rings is 1. The van der Waals surface area contributed by atoms with Crippen molar-refractivity contribution in [2.24, 2.45) is 0 Å². The standard InChI is InChI=1S/C13H16N2OS/c1-3-4-8-17-13-15-14-12(16-13)11-7-5-6-10(2)9-11/h5-7,9H,3-4,8H2,1-2H3. The number of unbranched alkanes of at least 4 members (excludes halogenated alkanes) is 1. The maximum Gasteiger partial charge on any atom is 0.276 e. The minimum absolute atomic E-state index is 0.604. The molecule has 3 nitrogen and oxygen atoms in total. The maximum absolute atomic E-state index is 5.61. The van der Waals surface area contributed by atoms with Crippen LogP contribution in [0.1, 0.15) is 25.3 Å². The van der Waals surface area contributed by atoms with Gasteiger partial charge in [0.05, 0.1) is 0 Å². The van der Waals surface area contributed by atoms with Gasteiger partial charge in [-0.1, -0.05) is 42.8 Å². The summed E-state index contributed by atoms with van der Waals surface area (Å²) in [6.45, 7) is 4.23. The van der Waals surface area contributed by atoms with Gasteiger partial charge in [0.15, 0.2) is 0 Å². The molecule has 0 spiro atoms. The third-order valence-electron chi connectivity index (χ3n) is 2.39. The van der Waals surface area contributed by atoms with E-state index in [0.717, 1.165) is 11.3 Å². The van der Waals surface area contributed by atoms with Gasteiger partial charge in [-0.25, -0.2) is 0 Å². The first-order chi connectivity index (χ1) is 8.29. The van der Waals surface area contributed by atoms with Crippen molar-refractivity contribution < 1.29 is 4.42 Å². The summed E-state index contributed by atoms with van der Waals surface area (Å²) in [5, 5.41) is 8.77. The average Bonchev–Trinajstić information content (AvgIpc) is 2.78. The first-order valence-electron chi connectivity index (χ1n) is 5.83. The van der Waals surface area contributed by atoms with Crippen molar-refractivity contribution in [1.29, 1.82) is 0 Å². The van der Waals surface area contributed by atoms with Crippen molar-refractivity contribution >= 4 is 11.8 Å². The minimum atomic E-state index is 0.604. The molecule has 1 aromatic carbocycles. The van der Waals surface area contributed by atoms with Crippen LogP contribution in [-0.2, 0) is 0 Å². The van der Waals surface area contributed by atoms with Gasteiger partial charge in [-0.3, -0.25) is 0 Å². The molecule has 0 saturated carbocycles. The number of hydrogen-bond donors (Lipinski definition) is 0. The largest absolute Gasteiger partial charge is 0.411 e. The molecule has 0 saturated heterocycles. The second-order valence-corrected chi connectivity index (χ2v) is 4.99. The fourth-order valence-electron chi connectivity index (χ4n) is 1.47. The van der Waals surface area contributed by atoms with Crippen molar-refractivity contribution in [3.05, 3.63) is 29.8 Å². The molecule has 17 heavy (non-hydrogen) atoms. The number of rotatable bonds is 5. The summed E-state index contributed by atoms with van der Waals surface area (Å²) in [6.07, 6.45) is 2.36. The van der Waals surface area contributed by atoms with Crippen LogP contribution in [0.4, 0.5) is 0 Å². The zero-order chi connectivity index (χ0) is 12.1. The Labute approximate surface area is 106 Å². The second-order valence-electron chi connectivity index (χ2n) is 3.94. The van der Waals surface area contributed by atoms with Gasteiger partial charge in [0.1, 0.15) is 0 Å². The highest BCUT2D eigenvalue weighted by Gasteiger charge is 2.08. The number of nitrogens with zero attached hydrogens (tertiary/aromatic N) is 2. The van der Waals surface area contributed by atoms with Crippen LogP contribution in [0, 0.1) is 6.92 Å². The molecule has 0 unspecified atom stereocenters. The van der Waals surface area contributed by atoms with Gasteiger partial charge in [0.25, 0.3) is 5.22 Å². The Hall–Kier alpha value is -1.29. The quantitative estimate of drug-likeness (QED) is 0.593. The molecule has 0 fully saturated rings. The molecule has 0 N–H and O–H groups in total. The number of aryl methyl sites for hydroxylation is 1. The number of thioether (sulfide) groups is 1. The summed E-state index contributed by atoms with van der Waals surface area (Å²) >= 11 is 1.62. The van der Waals surface area contributed by atoms with Crippen LogP contribution in [0.15, 0.2) is 33.9 Å². The van der Waals surface area contributed by atoms with Crippen LogP contribution in [0.2, 0.25) is 0 Å². The molecule has 90 valence electrons. The highest BCUT2D eigenvalue weighted by atomic mass is 32.2. The first kappa shape index (κ1) is 12.2. The van der Waals surface area contributed by atoms with E-state index in [1.807, 2.05) is 18.2 Å². The molecule has 0 aliphatic carbocycles. The molecular weight excluding hydrogens is 232 g/mol. The lowest BCUT2D eigenvalue weighted by atomic mass is 10.1. The van der Waals surface area contributed by atoms with Crippen LogP contribution in [0.25, 0.3) is 11.5 Å². The highest BCUT2D eigenvalue weighted by Crippen LogP contribution is 2.24. The molecule has 0 bridgehead atoms. The lowest BCUT2D eigenvalue weighted by molar-refractivity contribution is 0.465. The van der Waals surface area contributed by atoms with E-state index in [2.05, 4.69) is 30.1 Å². The van der Waals surface area contributed by atoms with E-state index >= 15 is 0 Å². The monoisotopic (exact) mass is 248 g/mol. The SMILES string of the molecule is CCCCSc1nnc(-c2cccc(C)c2)o1. The van der Waals surface area contributed by atoms with E-state index in [9.17, 15) is 0 Å². The summed E-state index contributed by atoms with van der Waals surface area (Å²) < 4.78 is 5.61. The van der Waals surface area contributed by atoms with Gasteiger partial charge >= 0.3 is 0 Å². The van der Waals surface area contributed by atoms with Gasteiger partial charge in [-0.2, -0.15) is 0 Å². The summed E-state index contributed by atoms with van der Waals surface area (Å²) in [6, 6.07) is 8.09. The fourth-order valence-corrected chi connectivity index (χ4v) is 2.31. The molecule has 2 rings (SSSR count). The third-order valence-corrected chi connectivity index (χ3v) is 3.30. The topological polar surface area (TPSA) is 38.9 Å². The Kier molecular flexibility index (Phi) is 4.20. The van der Waals surface area contributed by atoms with Crippen molar-refractivity contribution in [2.75, 3.05) is 5.75 Å². The predicted molar refractivity (Wildman–Crippen MR) is 70.1 cm³/mol. The Morgan fingerprint density at radius 3 is 2.94 bits per heavy atom. The van der Waals surface area contributed by atoms with Gasteiger partial charge in [0.2, 0.25) is 5.89 Å². The van der Waals surface area contributed by atoms with Crippen molar-refractivity contribution in [1.82, 2.24) is 10.2 Å². The summed E-state index contributed by atoms with van der Waals surface area (Å²) in [5.74, 6) is 1.64. The molecule has 0 aliphatic heterocycles. The first-order valence-corrected chi connectivity index (χ1v) is 6.81. The van der Waals surface area contributed by atoms with E-state index in [0.29, 0.717) is 11.1 Å². The smallest absolute Gasteiger partial charge is 0.276 e. The second kappa shape index (κ2) is 5.87. The van der Waals surface area contributed by atoms with Gasteiger partial charge < -0.3 is 4.42 Å². The molecule has 0 aliphatic rings. The predicted octanol–water partition coefficient (Wildman–Crippen LogP) is 3.94. The average molecular weight is 248 g/mol. The Morgan fingerprint density at radius 1 is 1.29 bits per heavy atom. The third kappa shape index (κ3) is 3.33. The summed E-state index contributed by atoms with van der Waals surface area (Å²) in [5.41, 5.74) is 2.18. The molecule has 0 amide bonds. The number of hydrogen-bond acceptors (Lipinski definition) is 4. The van der Waals surface area contributed by atoms with E-state index in [1.165, 1.54) is 18.4 Å². The van der Waals surface area contributed by atoms with E-state index in [1.54, 1.807) is 11.8 Å². The van der Waals surface area contributed by atoms with Gasteiger partial charge in [-0.05, 0) is 25.5 Å². The molecular formula is C13H16N2OS. The lowest BCUT2D eigenvalue weighted by Gasteiger charge is -1.96. The zero-order valence-corrected chi connectivity index (χ0v) is 11.0. The molecule has 0 atom stereocenters. The van der Waals surface area contributed by atoms with Crippen LogP contribution >= 0.6 is 11.8 Å². The van der Waals surface area contributed by atoms with Crippen molar-refractivity contribution in [3.8, 4) is 11.5 Å². The zero-order valence-electron chi connectivity index (χ0n) is 10.1. The molecule has 1 aromatic heterocycles. The van der Waals surface area contributed by atoms with Crippen molar-refractivity contribution in [2.45, 2.75) is 31.9 Å². The van der Waals surface area contributed by atoms with E-state index in [4.69, 9.17) is 4.42 Å². The summed E-state index contributed by atoms with van der Waals surface area (Å²) in [7, 11) is 0. The lowest BCUT2D eigenvalue weighted by Crippen LogP contribution is -1.78. The Bertz CT molecular complexity index is 482. The highest BCUT2D eigenvalue weighted by molar-refractivity contribution is 7.99. The Balaban J connectivity index is 2.07. The van der Waals surface area contributed by atoms with Crippen LogP contribution in [0.5, 0.6) is 0 Å². The van der Waals surface area contributed by atoms with Crippen LogP contribution in [-0.4, -0.2) is 16.0 Å². The Morgan fingerprint density at radius 2 is 2.18 bits per heavy atom. The summed E-state index contributed by atoms with van der Waals surface area (Å²) in [4.78, 5) is 0. The minimum Gasteiger partial charge on any atom is -0.411 e. The van der Waals surface area contributed by atoms with Gasteiger partial charge in [-0.15, -0.1) is 10.2 Å². The molecule has 0 radical (unpaired) electrons. The normalized spacial score (nSPS) is 10.7. The molecule has 4 heteroatoms. The molecule has 1 heterocycles. The maximum atomic E-state index is 5.61. The van der Waals surface area contributed by atoms with E-state index < -0.39 is 0 Å². The fraction of sp³-hybridized carbons (Fsp3) is 0.385. The van der Waals surface area contributed by atoms with Crippen LogP contribution in [0.3, 0.4) is 0 Å². The van der Waals surface area contributed by atoms with Gasteiger partial charge in [0, 0.05) is 11.3 Å². The van der Waals surface area contributed by atoms with Crippen molar-refractivity contribution in [3.63, 3.8) is 0 Å². The van der Waals surface area contributed by atoms with Crippen LogP contribution < -0.4 is 0 Å². The number of aromatic nitrogens is 2. The van der Waals surface area contributed by atoms with E-state index in [-0.39, 0.29) is 0 Å².